The highest BCUT2D eigenvalue weighted by Gasteiger charge is 2.10. The van der Waals surface area contributed by atoms with Crippen molar-refractivity contribution >= 4 is 5.69 Å². The molecule has 0 saturated carbocycles. The zero-order valence-corrected chi connectivity index (χ0v) is 11.4. The lowest BCUT2D eigenvalue weighted by atomic mass is 10.1. The number of hydrogen-bond acceptors (Lipinski definition) is 4. The Morgan fingerprint density at radius 3 is 2.40 bits per heavy atom. The van der Waals surface area contributed by atoms with Gasteiger partial charge in [-0.3, -0.25) is 10.1 Å². The lowest BCUT2D eigenvalue weighted by molar-refractivity contribution is -0.384. The van der Waals surface area contributed by atoms with Crippen molar-refractivity contribution in [3.05, 3.63) is 63.7 Å². The third-order valence-corrected chi connectivity index (χ3v) is 3.02. The van der Waals surface area contributed by atoms with Crippen molar-refractivity contribution in [2.45, 2.75) is 19.9 Å². The van der Waals surface area contributed by atoms with Gasteiger partial charge in [0.2, 0.25) is 0 Å². The largest absolute Gasteiger partial charge is 0.457 e. The molecule has 2 N–H and O–H groups in total. The SMILES string of the molecule is Cc1ccc([N+](=O)[O-])cc1Oc1ccc(C(C)N)cc1. The highest BCUT2D eigenvalue weighted by Crippen LogP contribution is 2.29. The van der Waals surface area contributed by atoms with Crippen LogP contribution in [0.2, 0.25) is 0 Å². The van der Waals surface area contributed by atoms with Crippen molar-refractivity contribution in [2.75, 3.05) is 0 Å². The molecule has 2 aromatic rings. The molecular formula is C15H16N2O3. The molecule has 0 aliphatic rings. The number of aryl methyl sites for hydroxylation is 1. The normalized spacial score (nSPS) is 11.9. The van der Waals surface area contributed by atoms with Crippen molar-refractivity contribution < 1.29 is 9.66 Å². The number of ether oxygens (including phenoxy) is 1. The summed E-state index contributed by atoms with van der Waals surface area (Å²) in [7, 11) is 0. The third kappa shape index (κ3) is 3.13. The Labute approximate surface area is 117 Å². The molecule has 2 rings (SSSR count). The molecule has 5 nitrogen and oxygen atoms in total. The second kappa shape index (κ2) is 5.71. The van der Waals surface area contributed by atoms with Crippen LogP contribution in [0.4, 0.5) is 5.69 Å². The first-order chi connectivity index (χ1) is 9.47. The zero-order valence-electron chi connectivity index (χ0n) is 11.4. The predicted octanol–water partition coefficient (Wildman–Crippen LogP) is 3.72. The Balaban J connectivity index is 2.25. The van der Waals surface area contributed by atoms with Gasteiger partial charge in [0.15, 0.2) is 0 Å². The van der Waals surface area contributed by atoms with Crippen LogP contribution in [-0.2, 0) is 0 Å². The highest BCUT2D eigenvalue weighted by atomic mass is 16.6. The Kier molecular flexibility index (Phi) is 4.00. The van der Waals surface area contributed by atoms with E-state index in [4.69, 9.17) is 10.5 Å². The Morgan fingerprint density at radius 1 is 1.20 bits per heavy atom. The smallest absolute Gasteiger partial charge is 0.273 e. The number of nitrogens with zero attached hydrogens (tertiary/aromatic N) is 1. The predicted molar refractivity (Wildman–Crippen MR) is 77.0 cm³/mol. The van der Waals surface area contributed by atoms with Crippen LogP contribution in [0.3, 0.4) is 0 Å². The second-order valence-corrected chi connectivity index (χ2v) is 4.67. The van der Waals surface area contributed by atoms with Gasteiger partial charge in [0.05, 0.1) is 11.0 Å². The fourth-order valence-electron chi connectivity index (χ4n) is 1.78. The Bertz CT molecular complexity index is 622. The summed E-state index contributed by atoms with van der Waals surface area (Å²) in [5, 5.41) is 10.8. The molecule has 0 aliphatic carbocycles. The topological polar surface area (TPSA) is 78.4 Å². The van der Waals surface area contributed by atoms with Gasteiger partial charge in [-0.05, 0) is 43.2 Å². The van der Waals surface area contributed by atoms with E-state index in [-0.39, 0.29) is 11.7 Å². The van der Waals surface area contributed by atoms with Gasteiger partial charge in [-0.2, -0.15) is 0 Å². The molecule has 0 heterocycles. The van der Waals surface area contributed by atoms with Crippen molar-refractivity contribution in [1.82, 2.24) is 0 Å². The number of nitro benzene ring substituents is 1. The van der Waals surface area contributed by atoms with E-state index in [1.165, 1.54) is 12.1 Å². The van der Waals surface area contributed by atoms with Gasteiger partial charge in [0.25, 0.3) is 5.69 Å². The molecule has 1 unspecified atom stereocenters. The molecule has 104 valence electrons. The number of benzene rings is 2. The van der Waals surface area contributed by atoms with E-state index in [0.717, 1.165) is 11.1 Å². The molecule has 0 aliphatic heterocycles. The number of nitro groups is 1. The fraction of sp³-hybridized carbons (Fsp3) is 0.200. The van der Waals surface area contributed by atoms with Gasteiger partial charge in [0, 0.05) is 12.1 Å². The van der Waals surface area contributed by atoms with E-state index in [9.17, 15) is 10.1 Å². The third-order valence-electron chi connectivity index (χ3n) is 3.02. The van der Waals surface area contributed by atoms with Crippen molar-refractivity contribution in [2.24, 2.45) is 5.73 Å². The summed E-state index contributed by atoms with van der Waals surface area (Å²) in [4.78, 5) is 10.3. The van der Waals surface area contributed by atoms with E-state index in [1.54, 1.807) is 18.2 Å². The van der Waals surface area contributed by atoms with Gasteiger partial charge in [-0.25, -0.2) is 0 Å². The first-order valence-corrected chi connectivity index (χ1v) is 6.26. The minimum atomic E-state index is -0.439. The highest BCUT2D eigenvalue weighted by molar-refractivity contribution is 5.46. The van der Waals surface area contributed by atoms with Crippen molar-refractivity contribution in [3.8, 4) is 11.5 Å². The van der Waals surface area contributed by atoms with Gasteiger partial charge < -0.3 is 10.5 Å². The molecule has 1 atom stereocenters. The van der Waals surface area contributed by atoms with Crippen LogP contribution in [0.25, 0.3) is 0 Å². The second-order valence-electron chi connectivity index (χ2n) is 4.67. The number of non-ortho nitro benzene ring substituents is 1. The monoisotopic (exact) mass is 272 g/mol. The molecule has 0 radical (unpaired) electrons. The van der Waals surface area contributed by atoms with Crippen LogP contribution in [0.5, 0.6) is 11.5 Å². The molecule has 0 aromatic heterocycles. The lowest BCUT2D eigenvalue weighted by Crippen LogP contribution is -2.04. The summed E-state index contributed by atoms with van der Waals surface area (Å²) in [6.07, 6.45) is 0. The summed E-state index contributed by atoms with van der Waals surface area (Å²) in [6, 6.07) is 11.9. The van der Waals surface area contributed by atoms with Gasteiger partial charge in [-0.1, -0.05) is 12.1 Å². The van der Waals surface area contributed by atoms with Crippen LogP contribution in [-0.4, -0.2) is 4.92 Å². The summed E-state index contributed by atoms with van der Waals surface area (Å²) < 4.78 is 5.69. The van der Waals surface area contributed by atoms with Crippen LogP contribution in [0, 0.1) is 17.0 Å². The first kappa shape index (κ1) is 14.0. The molecule has 0 spiro atoms. The number of rotatable bonds is 4. The van der Waals surface area contributed by atoms with Crippen LogP contribution in [0.1, 0.15) is 24.1 Å². The minimum absolute atomic E-state index is 0.0119. The maximum atomic E-state index is 10.8. The number of hydrogen-bond donors (Lipinski definition) is 1. The van der Waals surface area contributed by atoms with E-state index in [1.807, 2.05) is 26.0 Å². The Morgan fingerprint density at radius 2 is 1.85 bits per heavy atom. The molecule has 0 amide bonds. The molecule has 20 heavy (non-hydrogen) atoms. The zero-order chi connectivity index (χ0) is 14.7. The molecule has 0 saturated heterocycles. The number of nitrogens with two attached hydrogens (primary N) is 1. The van der Waals surface area contributed by atoms with Crippen molar-refractivity contribution in [3.63, 3.8) is 0 Å². The van der Waals surface area contributed by atoms with Gasteiger partial charge >= 0.3 is 0 Å². The standard InChI is InChI=1S/C15H16N2O3/c1-10-3-6-13(17(18)19)9-15(10)20-14-7-4-12(5-8-14)11(2)16/h3-9,11H,16H2,1-2H3. The maximum Gasteiger partial charge on any atom is 0.273 e. The van der Waals surface area contributed by atoms with E-state index in [0.29, 0.717) is 11.5 Å². The van der Waals surface area contributed by atoms with Gasteiger partial charge in [-0.15, -0.1) is 0 Å². The fourth-order valence-corrected chi connectivity index (χ4v) is 1.78. The molecule has 2 aromatic carbocycles. The van der Waals surface area contributed by atoms with Crippen molar-refractivity contribution in [1.29, 1.82) is 0 Å². The van der Waals surface area contributed by atoms with E-state index >= 15 is 0 Å². The summed E-state index contributed by atoms with van der Waals surface area (Å²) in [5.41, 5.74) is 7.64. The summed E-state index contributed by atoms with van der Waals surface area (Å²) in [5.74, 6) is 1.10. The maximum absolute atomic E-state index is 10.8. The van der Waals surface area contributed by atoms with Gasteiger partial charge in [0.1, 0.15) is 11.5 Å². The van der Waals surface area contributed by atoms with E-state index < -0.39 is 4.92 Å². The average molecular weight is 272 g/mol. The molecule has 0 bridgehead atoms. The summed E-state index contributed by atoms with van der Waals surface area (Å²) in [6.45, 7) is 3.75. The van der Waals surface area contributed by atoms with E-state index in [2.05, 4.69) is 0 Å². The minimum Gasteiger partial charge on any atom is -0.457 e. The Hall–Kier alpha value is -2.40. The summed E-state index contributed by atoms with van der Waals surface area (Å²) >= 11 is 0. The van der Waals surface area contributed by atoms with Crippen LogP contribution < -0.4 is 10.5 Å². The van der Waals surface area contributed by atoms with Crippen LogP contribution in [0.15, 0.2) is 42.5 Å². The lowest BCUT2D eigenvalue weighted by Gasteiger charge is -2.10. The van der Waals surface area contributed by atoms with Crippen LogP contribution >= 0.6 is 0 Å². The average Bonchev–Trinajstić information content (AvgIpc) is 2.41. The molecule has 0 fully saturated rings. The first-order valence-electron chi connectivity index (χ1n) is 6.26. The molecule has 5 heteroatoms. The quantitative estimate of drug-likeness (QED) is 0.679. The molecular weight excluding hydrogens is 256 g/mol.